The number of carbonyl (C=O) groups is 1. The summed E-state index contributed by atoms with van der Waals surface area (Å²) in [6.07, 6.45) is -4.08. The van der Waals surface area contributed by atoms with Crippen LogP contribution in [0.15, 0.2) is 59.5 Å². The highest BCUT2D eigenvalue weighted by Crippen LogP contribution is 2.31. The van der Waals surface area contributed by atoms with Crippen LogP contribution >= 0.6 is 0 Å². The van der Waals surface area contributed by atoms with Gasteiger partial charge in [0.25, 0.3) is 5.91 Å². The number of aromatic nitrogens is 1. The van der Waals surface area contributed by atoms with Crippen LogP contribution in [0.3, 0.4) is 0 Å². The number of pyridine rings is 1. The lowest BCUT2D eigenvalue weighted by molar-refractivity contribution is -0.275. The van der Waals surface area contributed by atoms with Crippen LogP contribution in [0.4, 0.5) is 26.3 Å². The minimum atomic E-state index is -5.14. The predicted molar refractivity (Wildman–Crippen MR) is 95.8 cm³/mol. The molecule has 31 heavy (non-hydrogen) atoms. The number of benzene rings is 2. The molecule has 3 aromatic rings. The van der Waals surface area contributed by atoms with Crippen LogP contribution in [-0.4, -0.2) is 17.3 Å². The average molecular weight is 442 g/mol. The largest absolute Gasteiger partial charge is 0.573 e. The molecule has 0 saturated carbocycles. The van der Waals surface area contributed by atoms with Gasteiger partial charge in [0.1, 0.15) is 0 Å². The maximum absolute atomic E-state index is 14.4. The Labute approximate surface area is 170 Å². The van der Waals surface area contributed by atoms with Gasteiger partial charge in [0.15, 0.2) is 23.2 Å². The monoisotopic (exact) mass is 442 g/mol. The number of aromatic amines is 1. The van der Waals surface area contributed by atoms with Crippen molar-refractivity contribution < 1.29 is 35.9 Å². The quantitative estimate of drug-likeness (QED) is 0.582. The van der Waals surface area contributed by atoms with Gasteiger partial charge in [0.05, 0.1) is 11.6 Å². The molecule has 0 spiro atoms. The summed E-state index contributed by atoms with van der Waals surface area (Å²) < 4.78 is 83.0. The lowest BCUT2D eigenvalue weighted by Gasteiger charge is -2.21. The number of halogens is 6. The van der Waals surface area contributed by atoms with E-state index in [1.807, 2.05) is 0 Å². The van der Waals surface area contributed by atoms with Crippen LogP contribution in [0.1, 0.15) is 27.5 Å². The van der Waals surface area contributed by atoms with Crippen molar-refractivity contribution in [3.63, 3.8) is 0 Å². The summed E-state index contributed by atoms with van der Waals surface area (Å²) in [6, 6.07) is 6.02. The van der Waals surface area contributed by atoms with Crippen molar-refractivity contribution in [2.24, 2.45) is 0 Å². The molecule has 2 aromatic carbocycles. The van der Waals surface area contributed by atoms with E-state index in [-0.39, 0.29) is 11.1 Å². The van der Waals surface area contributed by atoms with Crippen molar-refractivity contribution in [1.82, 2.24) is 10.3 Å². The van der Waals surface area contributed by atoms with Gasteiger partial charge in [-0.3, -0.25) is 9.59 Å². The SMILES string of the molecule is O=C(NC(c1ccc(OC(F)(F)F)c(F)c1)c1cccc(F)c1F)c1ccc(=O)[nH]c1. The van der Waals surface area contributed by atoms with Crippen molar-refractivity contribution in [1.29, 1.82) is 0 Å². The molecule has 1 amide bonds. The molecule has 0 aliphatic heterocycles. The van der Waals surface area contributed by atoms with Crippen LogP contribution in [0.2, 0.25) is 0 Å². The summed E-state index contributed by atoms with van der Waals surface area (Å²) in [5.41, 5.74) is -1.14. The number of ether oxygens (including phenoxy) is 1. The molecule has 2 N–H and O–H groups in total. The smallest absolute Gasteiger partial charge is 0.403 e. The fourth-order valence-electron chi connectivity index (χ4n) is 2.75. The molecule has 1 aromatic heterocycles. The molecule has 0 radical (unpaired) electrons. The Bertz CT molecular complexity index is 1160. The molecule has 0 saturated heterocycles. The first kappa shape index (κ1) is 21.9. The third-order valence-corrected chi connectivity index (χ3v) is 4.13. The maximum atomic E-state index is 14.4. The number of hydrogen-bond donors (Lipinski definition) is 2. The van der Waals surface area contributed by atoms with Crippen LogP contribution in [0.5, 0.6) is 5.75 Å². The van der Waals surface area contributed by atoms with E-state index in [2.05, 4.69) is 15.0 Å². The Hall–Kier alpha value is -3.76. The Morgan fingerprint density at radius 1 is 1.00 bits per heavy atom. The van der Waals surface area contributed by atoms with Gasteiger partial charge in [0, 0.05) is 17.8 Å². The van der Waals surface area contributed by atoms with Crippen molar-refractivity contribution in [3.05, 3.63) is 99.2 Å². The van der Waals surface area contributed by atoms with E-state index >= 15 is 0 Å². The zero-order chi connectivity index (χ0) is 22.8. The molecule has 11 heteroatoms. The molecule has 3 rings (SSSR count). The van der Waals surface area contributed by atoms with Crippen molar-refractivity contribution in [2.45, 2.75) is 12.4 Å². The van der Waals surface area contributed by atoms with E-state index in [0.717, 1.165) is 42.6 Å². The third-order valence-electron chi connectivity index (χ3n) is 4.13. The van der Waals surface area contributed by atoms with Gasteiger partial charge in [-0.15, -0.1) is 13.2 Å². The highest BCUT2D eigenvalue weighted by atomic mass is 19.4. The summed E-state index contributed by atoms with van der Waals surface area (Å²) >= 11 is 0. The minimum Gasteiger partial charge on any atom is -0.403 e. The zero-order valence-corrected chi connectivity index (χ0v) is 15.3. The number of alkyl halides is 3. The standard InChI is InChI=1S/C20H12F6N2O3/c21-13-3-1-2-12(17(13)23)18(28-19(30)11-5-7-16(29)27-9-11)10-4-6-15(14(22)8-10)31-20(24,25)26/h1-9,18H,(H,27,29)(H,28,30). The Balaban J connectivity index is 2.03. The fraction of sp³-hybridized carbons (Fsp3) is 0.100. The highest BCUT2D eigenvalue weighted by molar-refractivity contribution is 5.94. The third kappa shape index (κ3) is 5.24. The fourth-order valence-corrected chi connectivity index (χ4v) is 2.75. The van der Waals surface area contributed by atoms with Gasteiger partial charge in [-0.25, -0.2) is 13.2 Å². The van der Waals surface area contributed by atoms with Crippen molar-refractivity contribution in [2.75, 3.05) is 0 Å². The molecule has 0 bridgehead atoms. The molecule has 1 atom stereocenters. The van der Waals surface area contributed by atoms with E-state index in [1.54, 1.807) is 0 Å². The van der Waals surface area contributed by atoms with Crippen LogP contribution < -0.4 is 15.6 Å². The first-order valence-corrected chi connectivity index (χ1v) is 8.54. The highest BCUT2D eigenvalue weighted by Gasteiger charge is 2.33. The second-order valence-electron chi connectivity index (χ2n) is 6.23. The lowest BCUT2D eigenvalue weighted by atomic mass is 9.97. The Kier molecular flexibility index (Phi) is 6.04. The number of rotatable bonds is 5. The summed E-state index contributed by atoms with van der Waals surface area (Å²) in [5.74, 6) is -6.01. The number of nitrogens with one attached hydrogen (secondary N) is 2. The molecular weight excluding hydrogens is 430 g/mol. The molecule has 1 unspecified atom stereocenters. The second-order valence-corrected chi connectivity index (χ2v) is 6.23. The van der Waals surface area contributed by atoms with E-state index in [1.165, 1.54) is 0 Å². The van der Waals surface area contributed by atoms with Crippen molar-refractivity contribution >= 4 is 5.91 Å². The first-order chi connectivity index (χ1) is 14.5. The van der Waals surface area contributed by atoms with Gasteiger partial charge in [-0.2, -0.15) is 0 Å². The van der Waals surface area contributed by atoms with Gasteiger partial charge in [-0.1, -0.05) is 18.2 Å². The lowest BCUT2D eigenvalue weighted by Crippen LogP contribution is -2.30. The van der Waals surface area contributed by atoms with Crippen molar-refractivity contribution in [3.8, 4) is 5.75 Å². The summed E-state index contributed by atoms with van der Waals surface area (Å²) in [4.78, 5) is 25.9. The molecule has 5 nitrogen and oxygen atoms in total. The van der Waals surface area contributed by atoms with Crippen LogP contribution in [0, 0.1) is 17.5 Å². The molecule has 162 valence electrons. The van der Waals surface area contributed by atoms with E-state index in [4.69, 9.17) is 0 Å². The topological polar surface area (TPSA) is 71.2 Å². The van der Waals surface area contributed by atoms with Crippen LogP contribution in [0.25, 0.3) is 0 Å². The number of carbonyl (C=O) groups excluding carboxylic acids is 1. The number of hydrogen-bond acceptors (Lipinski definition) is 3. The first-order valence-electron chi connectivity index (χ1n) is 8.54. The molecule has 0 aliphatic carbocycles. The average Bonchev–Trinajstić information content (AvgIpc) is 2.69. The second kappa shape index (κ2) is 8.54. The summed E-state index contributed by atoms with van der Waals surface area (Å²) in [7, 11) is 0. The number of amides is 1. The Morgan fingerprint density at radius 2 is 1.74 bits per heavy atom. The molecular formula is C20H12F6N2O3. The van der Waals surface area contributed by atoms with Gasteiger partial charge < -0.3 is 15.0 Å². The summed E-state index contributed by atoms with van der Waals surface area (Å²) in [5, 5.41) is 2.35. The van der Waals surface area contributed by atoms with Gasteiger partial charge in [-0.05, 0) is 29.8 Å². The van der Waals surface area contributed by atoms with Gasteiger partial charge in [0.2, 0.25) is 5.56 Å². The van der Waals surface area contributed by atoms with Crippen LogP contribution in [-0.2, 0) is 0 Å². The minimum absolute atomic E-state index is 0.0566. The maximum Gasteiger partial charge on any atom is 0.573 e. The van der Waals surface area contributed by atoms with E-state index in [9.17, 15) is 35.9 Å². The van der Waals surface area contributed by atoms with Gasteiger partial charge >= 0.3 is 6.36 Å². The predicted octanol–water partition coefficient (Wildman–Crippen LogP) is 4.21. The van der Waals surface area contributed by atoms with E-state index in [0.29, 0.717) is 12.1 Å². The molecule has 1 heterocycles. The molecule has 0 aliphatic rings. The zero-order valence-electron chi connectivity index (χ0n) is 15.3. The number of H-pyrrole nitrogens is 1. The Morgan fingerprint density at radius 3 is 2.35 bits per heavy atom. The van der Waals surface area contributed by atoms with E-state index < -0.39 is 52.6 Å². The normalized spacial score (nSPS) is 12.3. The molecule has 0 fully saturated rings. The summed E-state index contributed by atoms with van der Waals surface area (Å²) in [6.45, 7) is 0.